The first kappa shape index (κ1) is 12.5. The quantitative estimate of drug-likeness (QED) is 0.838. The van der Waals surface area contributed by atoms with E-state index < -0.39 is 17.5 Å². The number of hydrogen-bond donors (Lipinski definition) is 1. The molecule has 0 bridgehead atoms. The van der Waals surface area contributed by atoms with Gasteiger partial charge in [0.05, 0.1) is 5.56 Å². The molecule has 0 spiro atoms. The van der Waals surface area contributed by atoms with Gasteiger partial charge in [0.25, 0.3) is 5.91 Å². The molecule has 1 N–H and O–H groups in total. The van der Waals surface area contributed by atoms with Crippen LogP contribution in [0.25, 0.3) is 0 Å². The SMILES string of the molecule is O=C(c1cccc(F)c1F)N1CCC2CNCC2C1. The lowest BCUT2D eigenvalue weighted by Crippen LogP contribution is -2.43. The maximum absolute atomic E-state index is 13.6. The van der Waals surface area contributed by atoms with E-state index >= 15 is 0 Å². The first-order chi connectivity index (χ1) is 9.16. The zero-order chi connectivity index (χ0) is 13.4. The Morgan fingerprint density at radius 3 is 2.89 bits per heavy atom. The van der Waals surface area contributed by atoms with E-state index in [1.54, 1.807) is 4.90 Å². The average Bonchev–Trinajstić information content (AvgIpc) is 2.88. The highest BCUT2D eigenvalue weighted by atomic mass is 19.2. The van der Waals surface area contributed by atoms with Gasteiger partial charge in [-0.15, -0.1) is 0 Å². The summed E-state index contributed by atoms with van der Waals surface area (Å²) in [6.07, 6.45) is 0.931. The fourth-order valence-corrected chi connectivity index (χ4v) is 3.06. The first-order valence-electron chi connectivity index (χ1n) is 6.61. The summed E-state index contributed by atoms with van der Waals surface area (Å²) in [5.74, 6) is -1.36. The van der Waals surface area contributed by atoms with E-state index in [1.807, 2.05) is 0 Å². The molecule has 3 rings (SSSR count). The van der Waals surface area contributed by atoms with Crippen molar-refractivity contribution in [2.45, 2.75) is 6.42 Å². The standard InChI is InChI=1S/C14H16F2N2O/c15-12-3-1-2-11(13(12)16)14(19)18-5-4-9-6-17-7-10(9)8-18/h1-3,9-10,17H,4-8H2. The predicted molar refractivity (Wildman–Crippen MR) is 66.7 cm³/mol. The van der Waals surface area contributed by atoms with Crippen molar-refractivity contribution in [2.75, 3.05) is 26.2 Å². The van der Waals surface area contributed by atoms with Gasteiger partial charge in [-0.2, -0.15) is 0 Å². The van der Waals surface area contributed by atoms with Crippen molar-refractivity contribution in [1.29, 1.82) is 0 Å². The third-order valence-electron chi connectivity index (χ3n) is 4.17. The van der Waals surface area contributed by atoms with E-state index in [2.05, 4.69) is 5.32 Å². The monoisotopic (exact) mass is 266 g/mol. The average molecular weight is 266 g/mol. The van der Waals surface area contributed by atoms with Crippen LogP contribution in [-0.4, -0.2) is 37.0 Å². The second-order valence-corrected chi connectivity index (χ2v) is 5.32. The number of nitrogens with zero attached hydrogens (tertiary/aromatic N) is 1. The lowest BCUT2D eigenvalue weighted by Gasteiger charge is -2.34. The number of likely N-dealkylation sites (tertiary alicyclic amines) is 1. The molecule has 2 unspecified atom stereocenters. The minimum atomic E-state index is -1.04. The van der Waals surface area contributed by atoms with Crippen LogP contribution in [0.1, 0.15) is 16.8 Å². The molecular weight excluding hydrogens is 250 g/mol. The van der Waals surface area contributed by atoms with Gasteiger partial charge in [0.1, 0.15) is 0 Å². The van der Waals surface area contributed by atoms with Crippen LogP contribution in [-0.2, 0) is 0 Å². The van der Waals surface area contributed by atoms with Crippen molar-refractivity contribution in [3.63, 3.8) is 0 Å². The molecule has 0 saturated carbocycles. The van der Waals surface area contributed by atoms with Crippen LogP contribution in [0.5, 0.6) is 0 Å². The summed E-state index contributed by atoms with van der Waals surface area (Å²) >= 11 is 0. The number of halogens is 2. The van der Waals surface area contributed by atoms with E-state index in [4.69, 9.17) is 0 Å². The largest absolute Gasteiger partial charge is 0.338 e. The molecule has 2 aliphatic heterocycles. The molecular formula is C14H16F2N2O. The van der Waals surface area contributed by atoms with Gasteiger partial charge in [-0.1, -0.05) is 6.07 Å². The number of amides is 1. The molecule has 19 heavy (non-hydrogen) atoms. The number of nitrogens with one attached hydrogen (secondary N) is 1. The van der Waals surface area contributed by atoms with E-state index in [-0.39, 0.29) is 5.56 Å². The number of carbonyl (C=O) groups excluding carboxylic acids is 1. The molecule has 5 heteroatoms. The van der Waals surface area contributed by atoms with E-state index in [0.29, 0.717) is 24.9 Å². The molecule has 1 aromatic rings. The molecule has 1 aromatic carbocycles. The Balaban J connectivity index is 1.79. The normalized spacial score (nSPS) is 26.3. The molecule has 0 aliphatic carbocycles. The Morgan fingerprint density at radius 1 is 1.26 bits per heavy atom. The number of fused-ring (bicyclic) bond motifs is 1. The molecule has 2 atom stereocenters. The molecule has 2 fully saturated rings. The second kappa shape index (κ2) is 4.89. The van der Waals surface area contributed by atoms with Crippen molar-refractivity contribution in [3.05, 3.63) is 35.4 Å². The maximum atomic E-state index is 13.6. The fraction of sp³-hybridized carbons (Fsp3) is 0.500. The predicted octanol–water partition coefficient (Wildman–Crippen LogP) is 1.65. The van der Waals surface area contributed by atoms with Crippen molar-refractivity contribution in [3.8, 4) is 0 Å². The summed E-state index contributed by atoms with van der Waals surface area (Å²) in [5.41, 5.74) is -0.163. The molecule has 3 nitrogen and oxygen atoms in total. The maximum Gasteiger partial charge on any atom is 0.256 e. The van der Waals surface area contributed by atoms with Gasteiger partial charge in [-0.05, 0) is 43.5 Å². The summed E-state index contributed by atoms with van der Waals surface area (Å²) in [6, 6.07) is 3.74. The van der Waals surface area contributed by atoms with E-state index in [0.717, 1.165) is 25.6 Å². The van der Waals surface area contributed by atoms with E-state index in [9.17, 15) is 13.6 Å². The van der Waals surface area contributed by atoms with Gasteiger partial charge < -0.3 is 10.2 Å². The van der Waals surface area contributed by atoms with Gasteiger partial charge in [-0.25, -0.2) is 8.78 Å². The van der Waals surface area contributed by atoms with Gasteiger partial charge >= 0.3 is 0 Å². The zero-order valence-electron chi connectivity index (χ0n) is 10.5. The van der Waals surface area contributed by atoms with Gasteiger partial charge in [0.2, 0.25) is 0 Å². The van der Waals surface area contributed by atoms with Crippen molar-refractivity contribution >= 4 is 5.91 Å². The Bertz CT molecular complexity index is 506. The molecule has 0 radical (unpaired) electrons. The molecule has 102 valence electrons. The highest BCUT2D eigenvalue weighted by Crippen LogP contribution is 2.27. The van der Waals surface area contributed by atoms with Gasteiger partial charge in [0.15, 0.2) is 11.6 Å². The lowest BCUT2D eigenvalue weighted by molar-refractivity contribution is 0.0636. The van der Waals surface area contributed by atoms with Crippen LogP contribution in [0.2, 0.25) is 0 Å². The van der Waals surface area contributed by atoms with Crippen LogP contribution in [0, 0.1) is 23.5 Å². The summed E-state index contributed by atoms with van der Waals surface area (Å²) in [7, 11) is 0. The molecule has 1 amide bonds. The highest BCUT2D eigenvalue weighted by molar-refractivity contribution is 5.94. The number of piperidine rings is 1. The fourth-order valence-electron chi connectivity index (χ4n) is 3.06. The van der Waals surface area contributed by atoms with Gasteiger partial charge in [-0.3, -0.25) is 4.79 Å². The second-order valence-electron chi connectivity index (χ2n) is 5.32. The smallest absolute Gasteiger partial charge is 0.256 e. The molecule has 0 aromatic heterocycles. The van der Waals surface area contributed by atoms with Crippen LogP contribution in [0.3, 0.4) is 0 Å². The highest BCUT2D eigenvalue weighted by Gasteiger charge is 2.35. The third-order valence-corrected chi connectivity index (χ3v) is 4.17. The summed E-state index contributed by atoms with van der Waals surface area (Å²) in [6.45, 7) is 3.16. The minimum absolute atomic E-state index is 0.163. The van der Waals surface area contributed by atoms with Crippen LogP contribution in [0.15, 0.2) is 18.2 Å². The van der Waals surface area contributed by atoms with Crippen molar-refractivity contribution < 1.29 is 13.6 Å². The van der Waals surface area contributed by atoms with Crippen molar-refractivity contribution in [2.24, 2.45) is 11.8 Å². The Kier molecular flexibility index (Phi) is 3.22. The molecule has 2 saturated heterocycles. The van der Waals surface area contributed by atoms with Crippen LogP contribution < -0.4 is 5.32 Å². The number of carbonyl (C=O) groups is 1. The molecule has 2 heterocycles. The number of hydrogen-bond acceptors (Lipinski definition) is 2. The number of benzene rings is 1. The Labute approximate surface area is 110 Å². The van der Waals surface area contributed by atoms with Crippen LogP contribution >= 0.6 is 0 Å². The summed E-state index contributed by atoms with van der Waals surface area (Å²) in [4.78, 5) is 13.9. The van der Waals surface area contributed by atoms with Crippen molar-refractivity contribution in [1.82, 2.24) is 10.2 Å². The summed E-state index contributed by atoms with van der Waals surface area (Å²) < 4.78 is 26.8. The topological polar surface area (TPSA) is 32.3 Å². The zero-order valence-corrected chi connectivity index (χ0v) is 10.5. The molecule has 2 aliphatic rings. The third kappa shape index (κ3) is 2.23. The Hall–Kier alpha value is -1.49. The lowest BCUT2D eigenvalue weighted by atomic mass is 9.88. The van der Waals surface area contributed by atoms with Gasteiger partial charge in [0, 0.05) is 13.1 Å². The first-order valence-corrected chi connectivity index (χ1v) is 6.61. The summed E-state index contributed by atoms with van der Waals surface area (Å²) in [5, 5.41) is 3.31. The minimum Gasteiger partial charge on any atom is -0.338 e. The van der Waals surface area contributed by atoms with Crippen LogP contribution in [0.4, 0.5) is 8.78 Å². The van der Waals surface area contributed by atoms with E-state index in [1.165, 1.54) is 12.1 Å². The number of rotatable bonds is 1. The Morgan fingerprint density at radius 2 is 2.05 bits per heavy atom.